The first-order valence-electron chi connectivity index (χ1n) is 5.82. The summed E-state index contributed by atoms with van der Waals surface area (Å²) in [6.45, 7) is 5.87. The average Bonchev–Trinajstić information content (AvgIpc) is 2.30. The van der Waals surface area contributed by atoms with E-state index >= 15 is 0 Å². The molecule has 0 aliphatic rings. The number of benzene rings is 2. The summed E-state index contributed by atoms with van der Waals surface area (Å²) >= 11 is 0. The molecule has 92 valence electrons. The highest BCUT2D eigenvalue weighted by atomic mass is 16.3. The lowest BCUT2D eigenvalue weighted by Gasteiger charge is -2.10. The second-order valence-corrected chi connectivity index (χ2v) is 4.52. The number of aromatic hydroxyl groups is 2. The zero-order valence-corrected chi connectivity index (χ0v) is 10.4. The third kappa shape index (κ3) is 2.72. The number of hydrogen-bond donors (Lipinski definition) is 2. The molecular formula is C16H16O2. The maximum absolute atomic E-state index is 9.57. The van der Waals surface area contributed by atoms with Gasteiger partial charge in [-0.3, -0.25) is 0 Å². The van der Waals surface area contributed by atoms with Crippen molar-refractivity contribution in [3.8, 4) is 22.6 Å². The fraction of sp³-hybridized carbons (Fsp3) is 0.125. The quantitative estimate of drug-likeness (QED) is 0.799. The van der Waals surface area contributed by atoms with Crippen LogP contribution in [0.1, 0.15) is 12.5 Å². The summed E-state index contributed by atoms with van der Waals surface area (Å²) in [7, 11) is 0. The Balaban J connectivity index is 2.49. The van der Waals surface area contributed by atoms with Gasteiger partial charge in [-0.2, -0.15) is 0 Å². The molecular weight excluding hydrogens is 224 g/mol. The highest BCUT2D eigenvalue weighted by molar-refractivity contribution is 5.69. The van der Waals surface area contributed by atoms with Crippen molar-refractivity contribution in [1.29, 1.82) is 0 Å². The zero-order valence-electron chi connectivity index (χ0n) is 10.4. The van der Waals surface area contributed by atoms with E-state index in [1.165, 1.54) is 0 Å². The normalized spacial score (nSPS) is 10.3. The van der Waals surface area contributed by atoms with Gasteiger partial charge < -0.3 is 10.2 Å². The summed E-state index contributed by atoms with van der Waals surface area (Å²) in [6.07, 6.45) is 0.727. The van der Waals surface area contributed by atoms with Crippen molar-refractivity contribution in [1.82, 2.24) is 0 Å². The third-order valence-electron chi connectivity index (χ3n) is 2.76. The van der Waals surface area contributed by atoms with Crippen LogP contribution in [-0.2, 0) is 6.42 Å². The molecule has 2 nitrogen and oxygen atoms in total. The predicted octanol–water partition coefficient (Wildman–Crippen LogP) is 3.88. The minimum absolute atomic E-state index is 0.249. The second kappa shape index (κ2) is 4.96. The van der Waals surface area contributed by atoms with Crippen molar-refractivity contribution in [3.05, 3.63) is 60.2 Å². The molecule has 0 spiro atoms. The van der Waals surface area contributed by atoms with E-state index in [2.05, 4.69) is 6.58 Å². The van der Waals surface area contributed by atoms with Crippen molar-refractivity contribution in [2.45, 2.75) is 13.3 Å². The van der Waals surface area contributed by atoms with E-state index in [1.807, 2.05) is 25.1 Å². The largest absolute Gasteiger partial charge is 0.508 e. The van der Waals surface area contributed by atoms with Gasteiger partial charge in [-0.05, 0) is 54.3 Å². The van der Waals surface area contributed by atoms with Gasteiger partial charge in [0, 0.05) is 0 Å². The Morgan fingerprint density at radius 3 is 2.22 bits per heavy atom. The van der Waals surface area contributed by atoms with Crippen LogP contribution in [0, 0.1) is 0 Å². The number of rotatable bonds is 3. The smallest absolute Gasteiger partial charge is 0.115 e. The second-order valence-electron chi connectivity index (χ2n) is 4.52. The Kier molecular flexibility index (Phi) is 3.38. The molecule has 0 amide bonds. The fourth-order valence-electron chi connectivity index (χ4n) is 1.97. The molecule has 0 saturated carbocycles. The molecule has 0 atom stereocenters. The molecule has 0 radical (unpaired) electrons. The summed E-state index contributed by atoms with van der Waals surface area (Å²) in [5, 5.41) is 18.9. The molecule has 2 aromatic carbocycles. The van der Waals surface area contributed by atoms with Gasteiger partial charge >= 0.3 is 0 Å². The van der Waals surface area contributed by atoms with E-state index < -0.39 is 0 Å². The van der Waals surface area contributed by atoms with Crippen LogP contribution in [-0.4, -0.2) is 10.2 Å². The van der Waals surface area contributed by atoms with Crippen molar-refractivity contribution < 1.29 is 10.2 Å². The summed E-state index contributed by atoms with van der Waals surface area (Å²) < 4.78 is 0. The molecule has 0 saturated heterocycles. The Morgan fingerprint density at radius 2 is 1.61 bits per heavy atom. The van der Waals surface area contributed by atoms with Crippen molar-refractivity contribution in [2.75, 3.05) is 0 Å². The van der Waals surface area contributed by atoms with Crippen molar-refractivity contribution in [3.63, 3.8) is 0 Å². The molecule has 0 aliphatic heterocycles. The summed E-state index contributed by atoms with van der Waals surface area (Å²) in [5.41, 5.74) is 4.15. The molecule has 0 fully saturated rings. The van der Waals surface area contributed by atoms with Crippen molar-refractivity contribution >= 4 is 0 Å². The minimum Gasteiger partial charge on any atom is -0.508 e. The predicted molar refractivity (Wildman–Crippen MR) is 73.7 cm³/mol. The van der Waals surface area contributed by atoms with Gasteiger partial charge in [0.2, 0.25) is 0 Å². The first kappa shape index (κ1) is 12.2. The van der Waals surface area contributed by atoms with Crippen LogP contribution >= 0.6 is 0 Å². The van der Waals surface area contributed by atoms with Crippen LogP contribution in [0.2, 0.25) is 0 Å². The molecule has 2 aromatic rings. The fourth-order valence-corrected chi connectivity index (χ4v) is 1.97. The highest BCUT2D eigenvalue weighted by Crippen LogP contribution is 2.29. The molecule has 0 heterocycles. The number of phenols is 2. The van der Waals surface area contributed by atoms with Crippen molar-refractivity contribution in [2.24, 2.45) is 0 Å². The number of phenolic OH excluding ortho intramolecular Hbond substituents is 2. The molecule has 2 rings (SSSR count). The highest BCUT2D eigenvalue weighted by Gasteiger charge is 2.06. The standard InChI is InChI=1S/C16H16O2/c1-11(2)9-13-10-15(18)7-8-16(13)12-3-5-14(17)6-4-12/h3-8,10,17-18H,1,9H2,2H3. The summed E-state index contributed by atoms with van der Waals surface area (Å²) in [4.78, 5) is 0. The Labute approximate surface area is 107 Å². The Morgan fingerprint density at radius 1 is 1.00 bits per heavy atom. The van der Waals surface area contributed by atoms with E-state index in [0.717, 1.165) is 28.7 Å². The van der Waals surface area contributed by atoms with Gasteiger partial charge in [-0.15, -0.1) is 0 Å². The molecule has 0 aliphatic carbocycles. The summed E-state index contributed by atoms with van der Waals surface area (Å²) in [5.74, 6) is 0.507. The Hall–Kier alpha value is -2.22. The number of allylic oxidation sites excluding steroid dienone is 1. The molecule has 0 aromatic heterocycles. The third-order valence-corrected chi connectivity index (χ3v) is 2.76. The van der Waals surface area contributed by atoms with Crippen LogP contribution in [0.15, 0.2) is 54.6 Å². The molecule has 0 bridgehead atoms. The van der Waals surface area contributed by atoms with Gasteiger partial charge in [0.05, 0.1) is 0 Å². The zero-order chi connectivity index (χ0) is 13.1. The first-order chi connectivity index (χ1) is 8.56. The maximum Gasteiger partial charge on any atom is 0.115 e. The van der Waals surface area contributed by atoms with Gasteiger partial charge in [0.1, 0.15) is 11.5 Å². The molecule has 2 N–H and O–H groups in total. The van der Waals surface area contributed by atoms with Crippen LogP contribution in [0.25, 0.3) is 11.1 Å². The van der Waals surface area contributed by atoms with E-state index in [4.69, 9.17) is 0 Å². The van der Waals surface area contributed by atoms with Gasteiger partial charge in [0.25, 0.3) is 0 Å². The molecule has 18 heavy (non-hydrogen) atoms. The lowest BCUT2D eigenvalue weighted by molar-refractivity contribution is 0.474. The van der Waals surface area contributed by atoms with E-state index in [-0.39, 0.29) is 11.5 Å². The first-order valence-corrected chi connectivity index (χ1v) is 5.82. The SMILES string of the molecule is C=C(C)Cc1cc(O)ccc1-c1ccc(O)cc1. The molecule has 2 heteroatoms. The summed E-state index contributed by atoms with van der Waals surface area (Å²) in [6, 6.07) is 12.4. The van der Waals surface area contributed by atoms with Crippen LogP contribution in [0.3, 0.4) is 0 Å². The van der Waals surface area contributed by atoms with Crippen LogP contribution < -0.4 is 0 Å². The van der Waals surface area contributed by atoms with Crippen LogP contribution in [0.5, 0.6) is 11.5 Å². The maximum atomic E-state index is 9.57. The monoisotopic (exact) mass is 240 g/mol. The average molecular weight is 240 g/mol. The lowest BCUT2D eigenvalue weighted by atomic mass is 9.95. The van der Waals surface area contributed by atoms with Gasteiger partial charge in [-0.25, -0.2) is 0 Å². The lowest BCUT2D eigenvalue weighted by Crippen LogP contribution is -1.91. The molecule has 0 unspecified atom stereocenters. The van der Waals surface area contributed by atoms with E-state index in [9.17, 15) is 10.2 Å². The van der Waals surface area contributed by atoms with Crippen LogP contribution in [0.4, 0.5) is 0 Å². The topological polar surface area (TPSA) is 40.5 Å². The minimum atomic E-state index is 0.249. The number of hydrogen-bond acceptors (Lipinski definition) is 2. The van der Waals surface area contributed by atoms with Gasteiger partial charge in [-0.1, -0.05) is 30.4 Å². The van der Waals surface area contributed by atoms with Gasteiger partial charge in [0.15, 0.2) is 0 Å². The Bertz CT molecular complexity index is 568. The van der Waals surface area contributed by atoms with E-state index in [0.29, 0.717) is 0 Å². The van der Waals surface area contributed by atoms with E-state index in [1.54, 1.807) is 24.3 Å².